The van der Waals surface area contributed by atoms with Gasteiger partial charge in [-0.2, -0.15) is 0 Å². The van der Waals surface area contributed by atoms with Gasteiger partial charge in [-0.05, 0) is 85.6 Å². The Balaban J connectivity index is 1.93. The van der Waals surface area contributed by atoms with Crippen molar-refractivity contribution in [1.82, 2.24) is 0 Å². The number of rotatable bonds is 0. The third-order valence-electron chi connectivity index (χ3n) is 4.44. The van der Waals surface area contributed by atoms with E-state index >= 15 is 0 Å². The van der Waals surface area contributed by atoms with Gasteiger partial charge in [0, 0.05) is 0 Å². The molecule has 0 amide bonds. The van der Waals surface area contributed by atoms with Crippen molar-refractivity contribution >= 4 is 43.1 Å². The second kappa shape index (κ2) is 4.32. The van der Waals surface area contributed by atoms with E-state index < -0.39 is 0 Å². The molecule has 1 radical (unpaired) electrons. The Morgan fingerprint density at radius 1 is 0.455 bits per heavy atom. The molecule has 0 bridgehead atoms. The lowest BCUT2D eigenvalue weighted by atomic mass is 9.97. The van der Waals surface area contributed by atoms with Gasteiger partial charge in [0.25, 0.3) is 0 Å². The zero-order chi connectivity index (χ0) is 14.5. The minimum Gasteiger partial charge on any atom is -0.0616 e. The van der Waals surface area contributed by atoms with Crippen LogP contribution < -0.4 is 0 Å². The van der Waals surface area contributed by atoms with Crippen LogP contribution in [-0.2, 0) is 0 Å². The van der Waals surface area contributed by atoms with E-state index in [9.17, 15) is 0 Å². The first-order chi connectivity index (χ1) is 10.9. The van der Waals surface area contributed by atoms with Crippen molar-refractivity contribution in [3.8, 4) is 0 Å². The third kappa shape index (κ3) is 1.71. The van der Waals surface area contributed by atoms with Gasteiger partial charge in [-0.15, -0.1) is 0 Å². The molecule has 0 saturated heterocycles. The normalized spacial score (nSPS) is 11.6. The molecule has 0 unspecified atom stereocenters. The minimum absolute atomic E-state index is 1.18. The highest BCUT2D eigenvalue weighted by Crippen LogP contribution is 2.29. The lowest BCUT2D eigenvalue weighted by Gasteiger charge is -2.06. The molecule has 5 aromatic rings. The van der Waals surface area contributed by atoms with Gasteiger partial charge in [0.2, 0.25) is 0 Å². The number of benzene rings is 5. The van der Waals surface area contributed by atoms with Gasteiger partial charge in [-0.1, -0.05) is 42.5 Å². The van der Waals surface area contributed by atoms with Crippen LogP contribution in [0.2, 0.25) is 0 Å². The van der Waals surface area contributed by atoms with Gasteiger partial charge in [0.05, 0.1) is 0 Å². The molecular formula is C22H13. The first kappa shape index (κ1) is 11.8. The fourth-order valence-corrected chi connectivity index (χ4v) is 3.31. The van der Waals surface area contributed by atoms with Crippen LogP contribution in [0, 0.1) is 6.07 Å². The molecule has 5 aromatic carbocycles. The van der Waals surface area contributed by atoms with Crippen molar-refractivity contribution in [2.24, 2.45) is 0 Å². The summed E-state index contributed by atoms with van der Waals surface area (Å²) in [4.78, 5) is 0. The Morgan fingerprint density at radius 2 is 0.955 bits per heavy atom. The van der Waals surface area contributed by atoms with Crippen LogP contribution in [0.15, 0.2) is 78.9 Å². The Morgan fingerprint density at radius 3 is 1.64 bits per heavy atom. The molecular weight excluding hydrogens is 264 g/mol. The monoisotopic (exact) mass is 277 g/mol. The largest absolute Gasteiger partial charge is 0.0616 e. The zero-order valence-electron chi connectivity index (χ0n) is 12.0. The highest BCUT2D eigenvalue weighted by molar-refractivity contribution is 6.07. The first-order valence-electron chi connectivity index (χ1n) is 7.54. The average molecular weight is 277 g/mol. The topological polar surface area (TPSA) is 0 Å². The molecule has 0 atom stereocenters. The summed E-state index contributed by atoms with van der Waals surface area (Å²) in [5, 5.41) is 10.2. The highest BCUT2D eigenvalue weighted by Gasteiger charge is 2.02. The van der Waals surface area contributed by atoms with Crippen LogP contribution >= 0.6 is 0 Å². The van der Waals surface area contributed by atoms with Crippen molar-refractivity contribution in [3.63, 3.8) is 0 Å². The molecule has 101 valence electrons. The lowest BCUT2D eigenvalue weighted by molar-refractivity contribution is 1.77. The van der Waals surface area contributed by atoms with Crippen molar-refractivity contribution < 1.29 is 0 Å². The van der Waals surface area contributed by atoms with Crippen molar-refractivity contribution in [2.45, 2.75) is 0 Å². The Bertz CT molecular complexity index is 982. The summed E-state index contributed by atoms with van der Waals surface area (Å²) >= 11 is 0. The van der Waals surface area contributed by atoms with Gasteiger partial charge in [0.1, 0.15) is 0 Å². The number of fused-ring (bicyclic) bond motifs is 4. The van der Waals surface area contributed by atoms with Gasteiger partial charge >= 0.3 is 0 Å². The van der Waals surface area contributed by atoms with E-state index in [2.05, 4.69) is 72.8 Å². The van der Waals surface area contributed by atoms with E-state index in [0.29, 0.717) is 0 Å². The van der Waals surface area contributed by atoms with Gasteiger partial charge in [0.15, 0.2) is 0 Å². The fraction of sp³-hybridized carbons (Fsp3) is 0. The maximum atomic E-state index is 3.32. The maximum absolute atomic E-state index is 3.32. The number of hydrogen-bond donors (Lipinski definition) is 0. The molecule has 0 aliphatic carbocycles. The van der Waals surface area contributed by atoms with E-state index in [4.69, 9.17) is 0 Å². The molecule has 0 fully saturated rings. The Kier molecular flexibility index (Phi) is 2.31. The predicted octanol–water partition coefficient (Wildman–Crippen LogP) is 6.10. The van der Waals surface area contributed by atoms with E-state index in [1.54, 1.807) is 0 Å². The summed E-state index contributed by atoms with van der Waals surface area (Å²) in [5.41, 5.74) is 0. The van der Waals surface area contributed by atoms with Crippen LogP contribution in [0.5, 0.6) is 0 Å². The molecule has 5 rings (SSSR count). The van der Waals surface area contributed by atoms with Gasteiger partial charge in [-0.3, -0.25) is 0 Å². The van der Waals surface area contributed by atoms with Gasteiger partial charge < -0.3 is 0 Å². The summed E-state index contributed by atoms with van der Waals surface area (Å²) in [6.45, 7) is 0. The molecule has 0 aromatic heterocycles. The molecule has 0 spiro atoms. The summed E-state index contributed by atoms with van der Waals surface area (Å²) in [6, 6.07) is 31.7. The summed E-state index contributed by atoms with van der Waals surface area (Å²) in [7, 11) is 0. The van der Waals surface area contributed by atoms with Crippen LogP contribution in [0.4, 0.5) is 0 Å². The van der Waals surface area contributed by atoms with E-state index in [-0.39, 0.29) is 0 Å². The third-order valence-corrected chi connectivity index (χ3v) is 4.44. The Labute approximate surface area is 128 Å². The van der Waals surface area contributed by atoms with Crippen molar-refractivity contribution in [1.29, 1.82) is 0 Å². The standard InChI is InChI=1S/C22H13/c1-2-6-16-10-20-14-22-12-18-8-4-3-7-17(18)11-21(22)13-19(20)9-15(16)5-1/h1-7,9-14H. The molecule has 22 heavy (non-hydrogen) atoms. The summed E-state index contributed by atoms with van der Waals surface area (Å²) in [5.74, 6) is 0. The van der Waals surface area contributed by atoms with E-state index in [0.717, 1.165) is 0 Å². The minimum atomic E-state index is 1.18. The summed E-state index contributed by atoms with van der Waals surface area (Å²) < 4.78 is 0. The van der Waals surface area contributed by atoms with Gasteiger partial charge in [-0.25, -0.2) is 0 Å². The molecule has 0 N–H and O–H groups in total. The van der Waals surface area contributed by atoms with Crippen molar-refractivity contribution in [3.05, 3.63) is 84.9 Å². The fourth-order valence-electron chi connectivity index (χ4n) is 3.31. The molecule has 0 nitrogen and oxygen atoms in total. The molecule has 0 aliphatic heterocycles. The average Bonchev–Trinajstić information content (AvgIpc) is 2.56. The number of hydrogen-bond acceptors (Lipinski definition) is 0. The van der Waals surface area contributed by atoms with E-state index in [1.165, 1.54) is 43.1 Å². The van der Waals surface area contributed by atoms with Crippen LogP contribution in [0.25, 0.3) is 43.1 Å². The molecule has 0 saturated carbocycles. The molecule has 0 heteroatoms. The molecule has 0 aliphatic rings. The lowest BCUT2D eigenvalue weighted by Crippen LogP contribution is -1.80. The van der Waals surface area contributed by atoms with Crippen molar-refractivity contribution in [2.75, 3.05) is 0 Å². The van der Waals surface area contributed by atoms with Crippen LogP contribution in [0.1, 0.15) is 0 Å². The zero-order valence-corrected chi connectivity index (χ0v) is 12.0. The maximum Gasteiger partial charge on any atom is -0.00988 e. The SMILES string of the molecule is [c]1cccc2cc3cc4cc5ccccc5cc4cc3cc12. The predicted molar refractivity (Wildman–Crippen MR) is 95.3 cm³/mol. The first-order valence-corrected chi connectivity index (χ1v) is 7.54. The molecule has 0 heterocycles. The summed E-state index contributed by atoms with van der Waals surface area (Å²) in [6.07, 6.45) is 0. The van der Waals surface area contributed by atoms with E-state index in [1.807, 2.05) is 12.1 Å². The Hall–Kier alpha value is -2.86. The van der Waals surface area contributed by atoms with Crippen LogP contribution in [-0.4, -0.2) is 0 Å². The highest BCUT2D eigenvalue weighted by atomic mass is 14.1. The quantitative estimate of drug-likeness (QED) is 0.300. The second-order valence-electron chi connectivity index (χ2n) is 5.86. The second-order valence-corrected chi connectivity index (χ2v) is 5.86. The smallest absolute Gasteiger partial charge is 0.00988 e. The van der Waals surface area contributed by atoms with Crippen LogP contribution in [0.3, 0.4) is 0 Å².